The highest BCUT2D eigenvalue weighted by molar-refractivity contribution is 6.30. The van der Waals surface area contributed by atoms with Crippen LogP contribution in [-0.2, 0) is 11.0 Å². The number of hydrogen-bond donors (Lipinski definition) is 1. The van der Waals surface area contributed by atoms with Crippen molar-refractivity contribution in [1.29, 1.82) is 0 Å². The third kappa shape index (κ3) is 4.90. The van der Waals surface area contributed by atoms with E-state index < -0.39 is 11.9 Å². The zero-order chi connectivity index (χ0) is 22.9. The number of aromatic nitrogens is 1. The molecule has 4 rings (SSSR count). The van der Waals surface area contributed by atoms with Crippen molar-refractivity contribution in [3.8, 4) is 0 Å². The van der Waals surface area contributed by atoms with Gasteiger partial charge in [-0.3, -0.25) is 4.79 Å². The highest BCUT2D eigenvalue weighted by Crippen LogP contribution is 2.42. The van der Waals surface area contributed by atoms with Crippen LogP contribution in [0.3, 0.4) is 0 Å². The first-order valence-electron chi connectivity index (χ1n) is 10.8. The van der Waals surface area contributed by atoms with Crippen LogP contribution in [0.25, 0.3) is 10.9 Å². The topological polar surface area (TPSA) is 42.0 Å². The summed E-state index contributed by atoms with van der Waals surface area (Å²) in [6.45, 7) is 1.92. The smallest absolute Gasteiger partial charge is 0.326 e. The molecule has 1 aliphatic rings. The molecule has 0 aliphatic heterocycles. The summed E-state index contributed by atoms with van der Waals surface area (Å²) in [5.74, 6) is -0.0310. The van der Waals surface area contributed by atoms with Crippen LogP contribution >= 0.6 is 11.6 Å². The Bertz CT molecular complexity index is 1110. The lowest BCUT2D eigenvalue weighted by molar-refractivity contribution is -0.141. The maximum Gasteiger partial charge on any atom is 0.433 e. The number of nitrogens with one attached hydrogen (secondary N) is 1. The van der Waals surface area contributed by atoms with Gasteiger partial charge in [0.2, 0.25) is 5.91 Å². The number of amides is 1. The van der Waals surface area contributed by atoms with Crippen LogP contribution in [0, 0.1) is 11.8 Å². The van der Waals surface area contributed by atoms with Crippen molar-refractivity contribution in [3.63, 3.8) is 0 Å². The van der Waals surface area contributed by atoms with E-state index >= 15 is 0 Å². The number of halogens is 4. The largest absolute Gasteiger partial charge is 0.433 e. The van der Waals surface area contributed by atoms with Gasteiger partial charge in [-0.05, 0) is 79.5 Å². The molecule has 2 aromatic carbocycles. The number of rotatable bonds is 4. The standard InChI is InChI=1S/C25H24ClF3N2O/c1-15(24(32)30-19-12-10-18(26)11-13-19)16-6-8-17(9-7-16)21-14-23(25(27,28)29)31-22-5-3-2-4-20(21)22/h2-5,10-17H,6-9H2,1H3,(H,30,32)/t15-,16-,17-/m1/s1. The first-order chi connectivity index (χ1) is 15.2. The molecule has 0 saturated heterocycles. The lowest BCUT2D eigenvalue weighted by atomic mass is 9.73. The summed E-state index contributed by atoms with van der Waals surface area (Å²) < 4.78 is 40.2. The van der Waals surface area contributed by atoms with Crippen LogP contribution in [0.2, 0.25) is 5.02 Å². The molecule has 1 aliphatic carbocycles. The Morgan fingerprint density at radius 1 is 1.06 bits per heavy atom. The first kappa shape index (κ1) is 22.6. The summed E-state index contributed by atoms with van der Waals surface area (Å²) in [6, 6.07) is 15.2. The SMILES string of the molecule is C[C@@H](C(=O)Nc1ccc(Cl)cc1)[C@H]1CC[C@H](c2cc(C(F)(F)F)nc3ccccc32)CC1. The second-order valence-electron chi connectivity index (χ2n) is 8.51. The summed E-state index contributed by atoms with van der Waals surface area (Å²) in [6.07, 6.45) is -1.41. The Balaban J connectivity index is 1.47. The molecule has 1 heterocycles. The maximum absolute atomic E-state index is 13.4. The van der Waals surface area contributed by atoms with Gasteiger partial charge in [-0.1, -0.05) is 36.7 Å². The predicted octanol–water partition coefficient (Wildman–Crippen LogP) is 7.46. The second kappa shape index (κ2) is 9.10. The van der Waals surface area contributed by atoms with E-state index in [-0.39, 0.29) is 23.7 Å². The van der Waals surface area contributed by atoms with E-state index in [0.717, 1.165) is 31.1 Å². The number of benzene rings is 2. The van der Waals surface area contributed by atoms with Crippen molar-refractivity contribution in [2.24, 2.45) is 11.8 Å². The first-order valence-corrected chi connectivity index (χ1v) is 11.1. The van der Waals surface area contributed by atoms with Gasteiger partial charge in [0.15, 0.2) is 0 Å². The van der Waals surface area contributed by atoms with E-state index in [1.807, 2.05) is 19.1 Å². The van der Waals surface area contributed by atoms with Gasteiger partial charge in [-0.15, -0.1) is 0 Å². The van der Waals surface area contributed by atoms with Crippen molar-refractivity contribution in [3.05, 3.63) is 70.9 Å². The molecular formula is C25H24ClF3N2O. The molecule has 32 heavy (non-hydrogen) atoms. The zero-order valence-corrected chi connectivity index (χ0v) is 18.4. The fraction of sp³-hybridized carbons (Fsp3) is 0.360. The molecule has 0 unspecified atom stereocenters. The van der Waals surface area contributed by atoms with Gasteiger partial charge in [0.1, 0.15) is 5.69 Å². The molecule has 0 bridgehead atoms. The van der Waals surface area contributed by atoms with Crippen LogP contribution in [0.4, 0.5) is 18.9 Å². The Morgan fingerprint density at radius 3 is 2.38 bits per heavy atom. The molecule has 0 spiro atoms. The monoisotopic (exact) mass is 460 g/mol. The second-order valence-corrected chi connectivity index (χ2v) is 8.94. The van der Waals surface area contributed by atoms with Gasteiger partial charge in [0.05, 0.1) is 5.52 Å². The van der Waals surface area contributed by atoms with Crippen LogP contribution < -0.4 is 5.32 Å². The van der Waals surface area contributed by atoms with Crippen LogP contribution in [-0.4, -0.2) is 10.9 Å². The molecule has 168 valence electrons. The predicted molar refractivity (Wildman–Crippen MR) is 121 cm³/mol. The molecule has 1 N–H and O–H groups in total. The Hall–Kier alpha value is -2.60. The highest BCUT2D eigenvalue weighted by atomic mass is 35.5. The van der Waals surface area contributed by atoms with Crippen LogP contribution in [0.5, 0.6) is 0 Å². The van der Waals surface area contributed by atoms with E-state index in [1.54, 1.807) is 36.4 Å². The molecular weight excluding hydrogens is 437 g/mol. The molecule has 1 saturated carbocycles. The van der Waals surface area contributed by atoms with Crippen molar-refractivity contribution in [2.75, 3.05) is 5.32 Å². The number of carbonyl (C=O) groups is 1. The van der Waals surface area contributed by atoms with Crippen LogP contribution in [0.15, 0.2) is 54.6 Å². The minimum absolute atomic E-state index is 0.0202. The van der Waals surface area contributed by atoms with Crippen molar-refractivity contribution >= 4 is 34.1 Å². The number of alkyl halides is 3. The quantitative estimate of drug-likeness (QED) is 0.439. The number of para-hydroxylation sites is 1. The third-order valence-corrected chi connectivity index (χ3v) is 6.73. The third-order valence-electron chi connectivity index (χ3n) is 6.48. The average molecular weight is 461 g/mol. The molecule has 7 heteroatoms. The molecule has 0 radical (unpaired) electrons. The summed E-state index contributed by atoms with van der Waals surface area (Å²) in [5.41, 5.74) is 0.932. The van der Waals surface area contributed by atoms with Gasteiger partial charge >= 0.3 is 6.18 Å². The molecule has 3 aromatic rings. The van der Waals surface area contributed by atoms with E-state index in [4.69, 9.17) is 11.6 Å². The van der Waals surface area contributed by atoms with Crippen molar-refractivity contribution in [2.45, 2.75) is 44.7 Å². The Morgan fingerprint density at radius 2 is 1.72 bits per heavy atom. The van der Waals surface area contributed by atoms with Gasteiger partial charge in [0, 0.05) is 22.0 Å². The van der Waals surface area contributed by atoms with Crippen molar-refractivity contribution < 1.29 is 18.0 Å². The summed E-state index contributed by atoms with van der Waals surface area (Å²) in [7, 11) is 0. The highest BCUT2D eigenvalue weighted by Gasteiger charge is 2.35. The molecule has 1 aromatic heterocycles. The van der Waals surface area contributed by atoms with Gasteiger partial charge in [-0.25, -0.2) is 4.98 Å². The number of carbonyl (C=O) groups excluding carboxylic acids is 1. The van der Waals surface area contributed by atoms with Crippen LogP contribution in [0.1, 0.15) is 49.8 Å². The summed E-state index contributed by atoms with van der Waals surface area (Å²) in [5, 5.41) is 4.31. The zero-order valence-electron chi connectivity index (χ0n) is 17.6. The van der Waals surface area contributed by atoms with E-state index in [2.05, 4.69) is 10.3 Å². The lowest BCUT2D eigenvalue weighted by Crippen LogP contribution is -2.29. The number of hydrogen-bond acceptors (Lipinski definition) is 2. The maximum atomic E-state index is 13.4. The number of fused-ring (bicyclic) bond motifs is 1. The van der Waals surface area contributed by atoms with Gasteiger partial charge in [0.25, 0.3) is 0 Å². The molecule has 1 atom stereocenters. The minimum Gasteiger partial charge on any atom is -0.326 e. The average Bonchev–Trinajstić information content (AvgIpc) is 2.79. The van der Waals surface area contributed by atoms with Crippen molar-refractivity contribution in [1.82, 2.24) is 4.98 Å². The normalized spacial score (nSPS) is 20.2. The van der Waals surface area contributed by atoms with E-state index in [9.17, 15) is 18.0 Å². The molecule has 1 amide bonds. The fourth-order valence-corrected chi connectivity index (χ4v) is 4.74. The Labute approximate surface area is 190 Å². The fourth-order valence-electron chi connectivity index (χ4n) is 4.62. The summed E-state index contributed by atoms with van der Waals surface area (Å²) >= 11 is 5.89. The number of nitrogens with zero attached hydrogens (tertiary/aromatic N) is 1. The molecule has 1 fully saturated rings. The Kier molecular flexibility index (Phi) is 6.42. The van der Waals surface area contributed by atoms with E-state index in [0.29, 0.717) is 21.8 Å². The van der Waals surface area contributed by atoms with Gasteiger partial charge in [-0.2, -0.15) is 13.2 Å². The minimum atomic E-state index is -4.48. The summed E-state index contributed by atoms with van der Waals surface area (Å²) in [4.78, 5) is 16.5. The molecule has 3 nitrogen and oxygen atoms in total. The lowest BCUT2D eigenvalue weighted by Gasteiger charge is -2.32. The number of pyridine rings is 1. The number of anilines is 1. The van der Waals surface area contributed by atoms with E-state index in [1.165, 1.54) is 6.07 Å². The van der Waals surface area contributed by atoms with Gasteiger partial charge < -0.3 is 5.32 Å².